The molecule has 9 heteroatoms. The number of fused-ring (bicyclic) bond motifs is 1. The van der Waals surface area contributed by atoms with E-state index in [0.29, 0.717) is 17.7 Å². The first kappa shape index (κ1) is 15.7. The van der Waals surface area contributed by atoms with Gasteiger partial charge in [0.25, 0.3) is 0 Å². The predicted molar refractivity (Wildman–Crippen MR) is 72.2 cm³/mol. The first-order valence-corrected chi connectivity index (χ1v) is 6.53. The monoisotopic (exact) mass is 348 g/mol. The van der Waals surface area contributed by atoms with Crippen molar-refractivity contribution in [2.24, 2.45) is 0 Å². The molecule has 0 aliphatic heterocycles. The second-order valence-electron chi connectivity index (χ2n) is 4.63. The smallest absolute Gasteiger partial charge is 0.436 e. The summed E-state index contributed by atoms with van der Waals surface area (Å²) in [6, 6.07) is 3.79. The summed E-state index contributed by atoms with van der Waals surface area (Å²) >= 11 is 5.92. The zero-order chi connectivity index (χ0) is 16.8. The maximum atomic E-state index is 13.4. The van der Waals surface area contributed by atoms with Crippen molar-refractivity contribution in [2.45, 2.75) is 12.1 Å². The van der Waals surface area contributed by atoms with Crippen LogP contribution in [0.1, 0.15) is 5.56 Å². The molecule has 0 aliphatic carbocycles. The lowest BCUT2D eigenvalue weighted by molar-refractivity contribution is -0.289. The highest BCUT2D eigenvalue weighted by molar-refractivity contribution is 6.33. The van der Waals surface area contributed by atoms with Crippen LogP contribution in [0.3, 0.4) is 0 Å². The van der Waals surface area contributed by atoms with Crippen molar-refractivity contribution in [3.8, 4) is 11.5 Å². The number of benzene rings is 1. The van der Waals surface area contributed by atoms with Gasteiger partial charge in [-0.15, -0.1) is 0 Å². The van der Waals surface area contributed by atoms with Crippen LogP contribution < -0.4 is 0 Å². The largest absolute Gasteiger partial charge is 0.458 e. The standard InChI is InChI=1S/C14H6ClF5N2O/c15-9-6-21-4-3-8(9)12-22-10-5-7(1-2-11(10)23-12)13(16,17)14(18,19)20/h1-6H. The summed E-state index contributed by atoms with van der Waals surface area (Å²) in [5.74, 6) is -4.98. The van der Waals surface area contributed by atoms with Crippen LogP contribution in [-0.2, 0) is 5.92 Å². The summed E-state index contributed by atoms with van der Waals surface area (Å²) < 4.78 is 69.4. The van der Waals surface area contributed by atoms with Gasteiger partial charge in [0.05, 0.1) is 10.6 Å². The molecule has 3 rings (SSSR count). The molecule has 0 amide bonds. The van der Waals surface area contributed by atoms with E-state index < -0.39 is 17.7 Å². The van der Waals surface area contributed by atoms with E-state index in [0.717, 1.165) is 6.07 Å². The van der Waals surface area contributed by atoms with Gasteiger partial charge in [-0.05, 0) is 24.3 Å². The number of hydrogen-bond donors (Lipinski definition) is 0. The Hall–Kier alpha value is -2.22. The summed E-state index contributed by atoms with van der Waals surface area (Å²) in [5, 5.41) is 0.208. The minimum atomic E-state index is -5.69. The lowest BCUT2D eigenvalue weighted by Crippen LogP contribution is -2.33. The van der Waals surface area contributed by atoms with Crippen molar-refractivity contribution in [1.82, 2.24) is 9.97 Å². The van der Waals surface area contributed by atoms with Gasteiger partial charge in [0.15, 0.2) is 5.58 Å². The molecule has 3 aromatic rings. The molecule has 0 saturated heterocycles. The number of nitrogens with zero attached hydrogens (tertiary/aromatic N) is 2. The van der Waals surface area contributed by atoms with Crippen LogP contribution in [0, 0.1) is 0 Å². The predicted octanol–water partition coefficient (Wildman–Crippen LogP) is 5.20. The van der Waals surface area contributed by atoms with Gasteiger partial charge in [0.1, 0.15) is 5.52 Å². The van der Waals surface area contributed by atoms with E-state index in [9.17, 15) is 22.0 Å². The summed E-state index contributed by atoms with van der Waals surface area (Å²) in [4.78, 5) is 7.69. The Labute approximate surface area is 130 Å². The van der Waals surface area contributed by atoms with Crippen molar-refractivity contribution in [1.29, 1.82) is 0 Å². The Bertz CT molecular complexity index is 875. The summed E-state index contributed by atoms with van der Waals surface area (Å²) in [6.07, 6.45) is -2.95. The summed E-state index contributed by atoms with van der Waals surface area (Å²) in [5.41, 5.74) is -0.927. The quantitative estimate of drug-likeness (QED) is 0.598. The maximum absolute atomic E-state index is 13.4. The van der Waals surface area contributed by atoms with Crippen LogP contribution in [0.2, 0.25) is 5.02 Å². The van der Waals surface area contributed by atoms with Crippen LogP contribution in [0.5, 0.6) is 0 Å². The second kappa shape index (κ2) is 5.16. The molecule has 3 nitrogen and oxygen atoms in total. The van der Waals surface area contributed by atoms with Crippen LogP contribution in [0.15, 0.2) is 41.1 Å². The third-order valence-corrected chi connectivity index (χ3v) is 3.41. The molecule has 0 bridgehead atoms. The topological polar surface area (TPSA) is 38.9 Å². The Morgan fingerprint density at radius 2 is 1.78 bits per heavy atom. The molecule has 2 aromatic heterocycles. The Kier molecular flexibility index (Phi) is 3.51. The van der Waals surface area contributed by atoms with Crippen LogP contribution in [0.4, 0.5) is 22.0 Å². The number of aromatic nitrogens is 2. The number of hydrogen-bond acceptors (Lipinski definition) is 3. The number of rotatable bonds is 2. The van der Waals surface area contributed by atoms with Crippen molar-refractivity contribution in [2.75, 3.05) is 0 Å². The first-order chi connectivity index (χ1) is 10.7. The van der Waals surface area contributed by atoms with E-state index >= 15 is 0 Å². The fourth-order valence-electron chi connectivity index (χ4n) is 1.95. The van der Waals surface area contributed by atoms with Gasteiger partial charge in [0, 0.05) is 18.0 Å². The molecule has 0 saturated carbocycles. The van der Waals surface area contributed by atoms with E-state index in [1.807, 2.05) is 0 Å². The van der Waals surface area contributed by atoms with Gasteiger partial charge in [-0.25, -0.2) is 4.98 Å². The van der Waals surface area contributed by atoms with E-state index in [-0.39, 0.29) is 22.0 Å². The lowest BCUT2D eigenvalue weighted by Gasteiger charge is -2.19. The zero-order valence-corrected chi connectivity index (χ0v) is 11.8. The second-order valence-corrected chi connectivity index (χ2v) is 5.04. The van der Waals surface area contributed by atoms with Crippen molar-refractivity contribution < 1.29 is 26.4 Å². The fourth-order valence-corrected chi connectivity index (χ4v) is 2.15. The first-order valence-electron chi connectivity index (χ1n) is 6.15. The van der Waals surface area contributed by atoms with Crippen molar-refractivity contribution >= 4 is 22.7 Å². The lowest BCUT2D eigenvalue weighted by atomic mass is 10.1. The third-order valence-electron chi connectivity index (χ3n) is 3.11. The Morgan fingerprint density at radius 3 is 2.43 bits per heavy atom. The van der Waals surface area contributed by atoms with Crippen molar-refractivity contribution in [3.05, 3.63) is 47.2 Å². The SMILES string of the molecule is FC(F)(F)C(F)(F)c1ccc2oc(-c3ccncc3Cl)nc2c1. The number of pyridine rings is 1. The van der Waals surface area contributed by atoms with Gasteiger partial charge >= 0.3 is 12.1 Å². The number of alkyl halides is 5. The molecule has 0 fully saturated rings. The third kappa shape index (κ3) is 2.63. The highest BCUT2D eigenvalue weighted by Gasteiger charge is 2.58. The van der Waals surface area contributed by atoms with E-state index in [1.165, 1.54) is 18.5 Å². The van der Waals surface area contributed by atoms with E-state index in [2.05, 4.69) is 9.97 Å². The van der Waals surface area contributed by atoms with Gasteiger partial charge in [-0.3, -0.25) is 4.98 Å². The number of halogens is 6. The molecule has 0 atom stereocenters. The van der Waals surface area contributed by atoms with Crippen LogP contribution in [0.25, 0.3) is 22.6 Å². The molecule has 23 heavy (non-hydrogen) atoms. The average Bonchev–Trinajstić information content (AvgIpc) is 2.89. The fraction of sp³-hybridized carbons (Fsp3) is 0.143. The average molecular weight is 349 g/mol. The van der Waals surface area contributed by atoms with E-state index in [4.69, 9.17) is 16.0 Å². The maximum Gasteiger partial charge on any atom is 0.458 e. The van der Waals surface area contributed by atoms with Gasteiger partial charge in [0.2, 0.25) is 5.89 Å². The van der Waals surface area contributed by atoms with Crippen LogP contribution in [-0.4, -0.2) is 16.1 Å². The molecular formula is C14H6ClF5N2O. The molecule has 0 aliphatic rings. The Morgan fingerprint density at radius 1 is 1.04 bits per heavy atom. The summed E-state index contributed by atoms with van der Waals surface area (Å²) in [6.45, 7) is 0. The molecule has 0 radical (unpaired) electrons. The van der Waals surface area contributed by atoms with Crippen molar-refractivity contribution in [3.63, 3.8) is 0 Å². The molecule has 120 valence electrons. The molecule has 0 unspecified atom stereocenters. The van der Waals surface area contributed by atoms with Gasteiger partial charge in [-0.2, -0.15) is 22.0 Å². The zero-order valence-electron chi connectivity index (χ0n) is 11.0. The number of oxazole rings is 1. The van der Waals surface area contributed by atoms with Gasteiger partial charge in [-0.1, -0.05) is 11.6 Å². The normalized spacial score (nSPS) is 12.8. The molecule has 0 N–H and O–H groups in total. The Balaban J connectivity index is 2.11. The summed E-state index contributed by atoms with van der Waals surface area (Å²) in [7, 11) is 0. The molecule has 2 heterocycles. The minimum Gasteiger partial charge on any atom is -0.436 e. The van der Waals surface area contributed by atoms with E-state index in [1.54, 1.807) is 0 Å². The van der Waals surface area contributed by atoms with Gasteiger partial charge < -0.3 is 4.42 Å². The van der Waals surface area contributed by atoms with Crippen LogP contribution >= 0.6 is 11.6 Å². The minimum absolute atomic E-state index is 0.000116. The molecule has 0 spiro atoms. The highest BCUT2D eigenvalue weighted by atomic mass is 35.5. The molecular weight excluding hydrogens is 343 g/mol. The highest BCUT2D eigenvalue weighted by Crippen LogP contribution is 2.44. The molecule has 1 aromatic carbocycles.